The first-order valence-electron chi connectivity index (χ1n) is 8.27. The summed E-state index contributed by atoms with van der Waals surface area (Å²) < 4.78 is 1.95. The van der Waals surface area contributed by atoms with Crippen LogP contribution < -0.4 is 10.6 Å². The van der Waals surface area contributed by atoms with Crippen molar-refractivity contribution in [3.05, 3.63) is 36.3 Å². The zero-order valence-electron chi connectivity index (χ0n) is 13.3. The van der Waals surface area contributed by atoms with Crippen molar-refractivity contribution in [3.63, 3.8) is 0 Å². The SMILES string of the molecule is O=C(CCc1cn2ccccc2n1)NC[C@@]1(O)CCCNCC1. The van der Waals surface area contributed by atoms with Crippen LogP contribution in [0.15, 0.2) is 30.6 Å². The molecule has 0 bridgehead atoms. The average Bonchev–Trinajstić information content (AvgIpc) is 2.85. The summed E-state index contributed by atoms with van der Waals surface area (Å²) in [5.41, 5.74) is 1.02. The fraction of sp³-hybridized carbons (Fsp3) is 0.529. The van der Waals surface area contributed by atoms with Gasteiger partial charge in [0.2, 0.25) is 5.91 Å². The number of rotatable bonds is 5. The Morgan fingerprint density at radius 2 is 2.30 bits per heavy atom. The maximum Gasteiger partial charge on any atom is 0.220 e. The first-order chi connectivity index (χ1) is 11.1. The fourth-order valence-electron chi connectivity index (χ4n) is 2.99. The van der Waals surface area contributed by atoms with Crippen LogP contribution in [0.5, 0.6) is 0 Å². The zero-order valence-corrected chi connectivity index (χ0v) is 13.3. The van der Waals surface area contributed by atoms with E-state index in [1.165, 1.54) is 0 Å². The van der Waals surface area contributed by atoms with E-state index in [0.717, 1.165) is 37.3 Å². The summed E-state index contributed by atoms with van der Waals surface area (Å²) in [6.07, 6.45) is 7.24. The van der Waals surface area contributed by atoms with Crippen molar-refractivity contribution in [3.8, 4) is 0 Å². The van der Waals surface area contributed by atoms with Gasteiger partial charge in [-0.3, -0.25) is 4.79 Å². The molecule has 1 aliphatic rings. The number of carbonyl (C=O) groups excluding carboxylic acids is 1. The Labute approximate surface area is 135 Å². The predicted octanol–water partition coefficient (Wildman–Crippen LogP) is 0.888. The summed E-state index contributed by atoms with van der Waals surface area (Å²) in [5.74, 6) is -0.0345. The standard InChI is InChI=1S/C17H24N4O2/c22-16(19-13-17(23)7-3-9-18-10-8-17)6-5-14-12-21-11-2-1-4-15(21)20-14/h1-2,4,11-12,18,23H,3,5-10,13H2,(H,19,22)/t17-/m1/s1. The van der Waals surface area contributed by atoms with E-state index < -0.39 is 5.60 Å². The first kappa shape index (κ1) is 16.0. The molecule has 1 fully saturated rings. The highest BCUT2D eigenvalue weighted by Crippen LogP contribution is 2.18. The van der Waals surface area contributed by atoms with Crippen molar-refractivity contribution >= 4 is 11.6 Å². The number of nitrogens with zero attached hydrogens (tertiary/aromatic N) is 2. The van der Waals surface area contributed by atoms with Gasteiger partial charge in [-0.2, -0.15) is 0 Å². The Balaban J connectivity index is 1.47. The van der Waals surface area contributed by atoms with Crippen LogP contribution in [0, 0.1) is 0 Å². The zero-order chi connectivity index (χ0) is 16.1. The van der Waals surface area contributed by atoms with E-state index in [4.69, 9.17) is 0 Å². The molecule has 0 spiro atoms. The van der Waals surface area contributed by atoms with Gasteiger partial charge in [-0.05, 0) is 50.9 Å². The molecule has 23 heavy (non-hydrogen) atoms. The van der Waals surface area contributed by atoms with Crippen LogP contribution in [0.4, 0.5) is 0 Å². The molecule has 0 radical (unpaired) electrons. The quantitative estimate of drug-likeness (QED) is 0.765. The summed E-state index contributed by atoms with van der Waals surface area (Å²) in [6.45, 7) is 2.07. The smallest absolute Gasteiger partial charge is 0.220 e. The normalized spacial score (nSPS) is 22.0. The third kappa shape index (κ3) is 4.30. The molecule has 0 aliphatic carbocycles. The molecule has 3 N–H and O–H groups in total. The third-order valence-corrected chi connectivity index (χ3v) is 4.40. The Morgan fingerprint density at radius 3 is 3.17 bits per heavy atom. The summed E-state index contributed by atoms with van der Waals surface area (Å²) in [4.78, 5) is 16.5. The van der Waals surface area contributed by atoms with E-state index in [0.29, 0.717) is 25.8 Å². The Kier molecular flexibility index (Phi) is 4.93. The molecular formula is C17H24N4O2. The summed E-state index contributed by atoms with van der Waals surface area (Å²) in [6, 6.07) is 5.84. The van der Waals surface area contributed by atoms with Gasteiger partial charge < -0.3 is 20.1 Å². The lowest BCUT2D eigenvalue weighted by atomic mass is 9.95. The van der Waals surface area contributed by atoms with Gasteiger partial charge >= 0.3 is 0 Å². The van der Waals surface area contributed by atoms with Crippen LogP contribution in [0.1, 0.15) is 31.4 Å². The van der Waals surface area contributed by atoms with Gasteiger partial charge in [0.1, 0.15) is 5.65 Å². The van der Waals surface area contributed by atoms with E-state index in [9.17, 15) is 9.90 Å². The summed E-state index contributed by atoms with van der Waals surface area (Å²) in [5, 5.41) is 16.6. The molecule has 1 amide bonds. The molecule has 6 nitrogen and oxygen atoms in total. The molecule has 1 aliphatic heterocycles. The lowest BCUT2D eigenvalue weighted by Crippen LogP contribution is -2.43. The van der Waals surface area contributed by atoms with E-state index in [-0.39, 0.29) is 5.91 Å². The lowest BCUT2D eigenvalue weighted by Gasteiger charge is -2.26. The van der Waals surface area contributed by atoms with E-state index >= 15 is 0 Å². The van der Waals surface area contributed by atoms with Crippen LogP contribution >= 0.6 is 0 Å². The molecule has 2 aromatic heterocycles. The number of carbonyl (C=O) groups is 1. The molecule has 3 heterocycles. The van der Waals surface area contributed by atoms with Crippen molar-refractivity contribution in [1.82, 2.24) is 20.0 Å². The average molecular weight is 316 g/mol. The number of pyridine rings is 1. The number of aryl methyl sites for hydroxylation is 1. The first-order valence-corrected chi connectivity index (χ1v) is 8.27. The van der Waals surface area contributed by atoms with Crippen molar-refractivity contribution in [2.24, 2.45) is 0 Å². The van der Waals surface area contributed by atoms with Gasteiger partial charge in [-0.15, -0.1) is 0 Å². The van der Waals surface area contributed by atoms with Crippen LogP contribution in [0.25, 0.3) is 5.65 Å². The minimum atomic E-state index is -0.776. The monoisotopic (exact) mass is 316 g/mol. The maximum absolute atomic E-state index is 12.0. The number of nitrogens with one attached hydrogen (secondary N) is 2. The summed E-state index contributed by atoms with van der Waals surface area (Å²) in [7, 11) is 0. The Hall–Kier alpha value is -1.92. The van der Waals surface area contributed by atoms with Gasteiger partial charge in [0.25, 0.3) is 0 Å². The number of aromatic nitrogens is 2. The van der Waals surface area contributed by atoms with Gasteiger partial charge in [0.15, 0.2) is 0 Å². The van der Waals surface area contributed by atoms with Crippen molar-refractivity contribution in [2.45, 2.75) is 37.7 Å². The fourth-order valence-corrected chi connectivity index (χ4v) is 2.99. The number of amides is 1. The number of imidazole rings is 1. The highest BCUT2D eigenvalue weighted by atomic mass is 16.3. The number of aliphatic hydroxyl groups is 1. The molecule has 124 valence electrons. The molecule has 0 saturated carbocycles. The Morgan fingerprint density at radius 1 is 1.39 bits per heavy atom. The third-order valence-electron chi connectivity index (χ3n) is 4.40. The maximum atomic E-state index is 12.0. The topological polar surface area (TPSA) is 78.7 Å². The van der Waals surface area contributed by atoms with E-state index in [1.54, 1.807) is 0 Å². The number of hydrogen-bond acceptors (Lipinski definition) is 4. The van der Waals surface area contributed by atoms with Crippen LogP contribution in [-0.2, 0) is 11.2 Å². The number of hydrogen-bond donors (Lipinski definition) is 3. The van der Waals surface area contributed by atoms with Gasteiger partial charge in [0.05, 0.1) is 11.3 Å². The van der Waals surface area contributed by atoms with Crippen LogP contribution in [0.2, 0.25) is 0 Å². The second kappa shape index (κ2) is 7.10. The van der Waals surface area contributed by atoms with Gasteiger partial charge in [-0.1, -0.05) is 6.07 Å². The van der Waals surface area contributed by atoms with Crippen molar-refractivity contribution in [2.75, 3.05) is 19.6 Å². The minimum absolute atomic E-state index is 0.0345. The van der Waals surface area contributed by atoms with Crippen LogP contribution in [0.3, 0.4) is 0 Å². The van der Waals surface area contributed by atoms with Crippen LogP contribution in [-0.4, -0.2) is 45.6 Å². The molecule has 1 saturated heterocycles. The molecule has 2 aromatic rings. The highest BCUT2D eigenvalue weighted by molar-refractivity contribution is 5.76. The molecule has 0 unspecified atom stereocenters. The summed E-state index contributed by atoms with van der Waals surface area (Å²) >= 11 is 0. The molecule has 1 atom stereocenters. The molecule has 6 heteroatoms. The minimum Gasteiger partial charge on any atom is -0.388 e. The largest absolute Gasteiger partial charge is 0.388 e. The van der Waals surface area contributed by atoms with Gasteiger partial charge in [-0.25, -0.2) is 4.98 Å². The van der Waals surface area contributed by atoms with Gasteiger partial charge in [0, 0.05) is 25.4 Å². The second-order valence-electron chi connectivity index (χ2n) is 6.30. The molecule has 3 rings (SSSR count). The van der Waals surface area contributed by atoms with Crippen molar-refractivity contribution in [1.29, 1.82) is 0 Å². The van der Waals surface area contributed by atoms with E-state index in [1.807, 2.05) is 35.0 Å². The number of fused-ring (bicyclic) bond motifs is 1. The highest BCUT2D eigenvalue weighted by Gasteiger charge is 2.28. The Bertz CT molecular complexity index is 626. The second-order valence-corrected chi connectivity index (χ2v) is 6.30. The van der Waals surface area contributed by atoms with Crippen molar-refractivity contribution < 1.29 is 9.90 Å². The molecule has 0 aromatic carbocycles. The predicted molar refractivity (Wildman–Crippen MR) is 88.2 cm³/mol. The lowest BCUT2D eigenvalue weighted by molar-refractivity contribution is -0.122. The van der Waals surface area contributed by atoms with E-state index in [2.05, 4.69) is 15.6 Å². The molecular weight excluding hydrogens is 292 g/mol.